The molecule has 0 saturated heterocycles. The van der Waals surface area contributed by atoms with Crippen LogP contribution in [-0.2, 0) is 0 Å². The number of hydrogen-bond donors (Lipinski definition) is 0. The molecule has 0 radical (unpaired) electrons. The lowest BCUT2D eigenvalue weighted by atomic mass is 9.48. The molecule has 4 aromatic heterocycles. The van der Waals surface area contributed by atoms with Crippen LogP contribution in [0.3, 0.4) is 0 Å². The molecule has 0 unspecified atom stereocenters. The van der Waals surface area contributed by atoms with E-state index in [1.54, 1.807) is 36.7 Å². The van der Waals surface area contributed by atoms with E-state index in [1.807, 2.05) is 62.4 Å². The molecule has 0 N–H and O–H groups in total. The molecule has 16 rings (SSSR count). The Morgan fingerprint density at radius 3 is 0.990 bits per heavy atom. The summed E-state index contributed by atoms with van der Waals surface area (Å²) in [4.78, 5) is 20.8. The van der Waals surface area contributed by atoms with Gasteiger partial charge in [0.1, 0.15) is 46.2 Å². The summed E-state index contributed by atoms with van der Waals surface area (Å²) in [6, 6.07) is 87.7. The lowest BCUT2D eigenvalue weighted by Crippen LogP contribution is -2.55. The summed E-state index contributed by atoms with van der Waals surface area (Å²) in [6.07, 6.45) is 3.27. The largest absolute Gasteiger partial charge is 0.494 e. The number of nitriles is 2. The Bertz CT molecular complexity index is 5610. The van der Waals surface area contributed by atoms with Gasteiger partial charge in [0.25, 0.3) is 0 Å². The van der Waals surface area contributed by atoms with Gasteiger partial charge in [0.2, 0.25) is 0 Å². The summed E-state index contributed by atoms with van der Waals surface area (Å²) < 4.78 is 17.2. The fraction of sp³-hybridized carbons (Fsp3) is 0.0488. The number of benzene rings is 12. The van der Waals surface area contributed by atoms with E-state index in [0.717, 1.165) is 76.1 Å². The van der Waals surface area contributed by atoms with Crippen molar-refractivity contribution in [3.8, 4) is 46.2 Å². The van der Waals surface area contributed by atoms with Crippen molar-refractivity contribution in [2.75, 3.05) is 13.2 Å². The summed E-state index contributed by atoms with van der Waals surface area (Å²) in [5.74, 6) is 1.29. The van der Waals surface area contributed by atoms with Gasteiger partial charge in [0.15, 0.2) is 0 Å². The predicted octanol–water partition coefficient (Wildman–Crippen LogP) is 16.4. The van der Waals surface area contributed by atoms with Crippen LogP contribution in [0.5, 0.6) is 11.5 Å². The average Bonchev–Trinajstić information content (AvgIpc) is 1.51. The van der Waals surface area contributed by atoms with Crippen molar-refractivity contribution < 1.29 is 9.47 Å². The molecule has 0 bridgehead atoms. The average molecular weight is 1340 g/mol. The topological polar surface area (TPSA) is 127 Å². The first-order valence-corrected chi connectivity index (χ1v) is 33.6. The van der Waals surface area contributed by atoms with Crippen LogP contribution < -0.4 is 42.0 Å². The molecule has 0 atom stereocenters. The van der Waals surface area contributed by atoms with Gasteiger partial charge in [0.05, 0.1) is 78.5 Å². The third-order valence-electron chi connectivity index (χ3n) is 18.4. The maximum atomic E-state index is 12.9. The Balaban J connectivity index is 1.26. The van der Waals surface area contributed by atoms with Crippen LogP contribution in [-0.4, -0.2) is 55.8 Å². The minimum Gasteiger partial charge on any atom is -0.494 e. The van der Waals surface area contributed by atoms with Crippen LogP contribution in [0.15, 0.2) is 255 Å². The first kappa shape index (κ1) is 61.6. The summed E-state index contributed by atoms with van der Waals surface area (Å²) >= 11 is 27.2. The van der Waals surface area contributed by atoms with Gasteiger partial charge in [-0.3, -0.25) is 9.97 Å². The number of hydrogen-bond acceptors (Lipinski definition) is 8. The van der Waals surface area contributed by atoms with Crippen LogP contribution in [0.4, 0.5) is 0 Å². The molecule has 0 saturated carbocycles. The Kier molecular flexibility index (Phi) is 16.2. The van der Waals surface area contributed by atoms with E-state index in [1.165, 1.54) is 0 Å². The first-order chi connectivity index (χ1) is 48.1. The van der Waals surface area contributed by atoms with Crippen molar-refractivity contribution >= 4 is 169 Å². The van der Waals surface area contributed by atoms with Crippen molar-refractivity contribution in [3.63, 3.8) is 0 Å². The Morgan fingerprint density at radius 1 is 0.388 bits per heavy atom. The number of fused-ring (bicyclic) bond motifs is 7. The maximum Gasteiger partial charge on any atom is 0.329 e. The Morgan fingerprint density at radius 2 is 0.684 bits per heavy atom. The van der Waals surface area contributed by atoms with Gasteiger partial charge < -0.3 is 18.4 Å². The van der Waals surface area contributed by atoms with Crippen molar-refractivity contribution in [1.82, 2.24) is 28.9 Å². The van der Waals surface area contributed by atoms with Crippen molar-refractivity contribution in [2.24, 2.45) is 0 Å². The van der Waals surface area contributed by atoms with Gasteiger partial charge in [-0.1, -0.05) is 216 Å². The van der Waals surface area contributed by atoms with Crippen molar-refractivity contribution in [2.45, 2.75) is 13.8 Å². The van der Waals surface area contributed by atoms with Crippen LogP contribution in [0, 0.1) is 22.7 Å². The highest BCUT2D eigenvalue weighted by molar-refractivity contribution is 6.89. The maximum absolute atomic E-state index is 12.9. The second kappa shape index (κ2) is 25.7. The first-order valence-electron chi connectivity index (χ1n) is 32.1. The normalized spacial score (nSPS) is 12.2. The highest BCUT2D eigenvalue weighted by Gasteiger charge is 2.39. The van der Waals surface area contributed by atoms with E-state index in [0.29, 0.717) is 89.7 Å². The fourth-order valence-corrected chi connectivity index (χ4v) is 14.9. The fourth-order valence-electron chi connectivity index (χ4n) is 14.3. The number of ether oxygens (including phenoxy) is 2. The van der Waals surface area contributed by atoms with Gasteiger partial charge >= 0.3 is 13.7 Å². The lowest BCUT2D eigenvalue weighted by Gasteiger charge is -2.26. The summed E-state index contributed by atoms with van der Waals surface area (Å²) in [5.41, 5.74) is 9.06. The standard InChI is InChI=1S/C82H52B2Cl4N8O2/c1-3-97-55-37-33-53(34-38-55)79-77-78(82(62(46-90)76-48-92-72-42-68(86)70(88)44-74(72)94-76)95(79)83(63-29-13-21-49-17-5-9-25-57(49)63)64-30-14-22-50-18-6-10-26-58(50)64)80(54-35-39-56(40-36-54)98-4-2)96(81(77)61(45-89)75-47-91-71-41-67(85)69(87)43-73(71)93-75)84(65-31-15-23-51-19-7-11-27-59(51)65)66-32-16-24-52-20-8-12-28-60(52)66/h5-44,47-48H,3-4H2,1-2H3/b81-61-,82-62-. The number of rotatable bonds is 14. The molecule has 0 aliphatic rings. The highest BCUT2D eigenvalue weighted by atomic mass is 35.5. The second-order valence-corrected chi connectivity index (χ2v) is 25.5. The van der Waals surface area contributed by atoms with Crippen LogP contribution in [0.1, 0.15) is 25.2 Å². The predicted molar refractivity (Wildman–Crippen MR) is 404 cm³/mol. The molecule has 0 aliphatic heterocycles. The molecule has 12 aromatic carbocycles. The monoisotopic (exact) mass is 1340 g/mol. The molecule has 4 heterocycles. The van der Waals surface area contributed by atoms with Gasteiger partial charge in [-0.15, -0.1) is 0 Å². The molecule has 0 amide bonds. The Labute approximate surface area is 584 Å². The van der Waals surface area contributed by atoms with Gasteiger partial charge in [0, 0.05) is 22.2 Å². The molecule has 466 valence electrons. The van der Waals surface area contributed by atoms with Gasteiger partial charge in [-0.2, -0.15) is 10.5 Å². The molecule has 16 heteroatoms. The quantitative estimate of drug-likeness (QED) is 0.0985. The minimum atomic E-state index is -0.777. The molecular weight excluding hydrogens is 1290 g/mol. The third-order valence-corrected chi connectivity index (χ3v) is 19.8. The van der Waals surface area contributed by atoms with Crippen LogP contribution in [0.2, 0.25) is 20.1 Å². The zero-order chi connectivity index (χ0) is 66.7. The zero-order valence-electron chi connectivity index (χ0n) is 52.7. The van der Waals surface area contributed by atoms with E-state index in [2.05, 4.69) is 191 Å². The SMILES string of the molecule is CCOc1ccc(-c2c3/c(=C(\C#N)c4cnc5cc(Cl)c(Cl)cc5n4)n(B(c4cccc5ccccc45)c4cccc5ccccc45)c(-c4ccc(OCC)cc4)c3/c(=C(\C#N)c3cnc4cc(Cl)c(Cl)cc4n3)n2B(c2cccc3ccccc23)c2cccc3ccccc23)cc1. The summed E-state index contributed by atoms with van der Waals surface area (Å²) in [6.45, 7) is 3.21. The number of aromatic nitrogens is 6. The highest BCUT2D eigenvalue weighted by Crippen LogP contribution is 2.39. The molecular formula is C82H52B2Cl4N8O2. The molecule has 10 nitrogen and oxygen atoms in total. The van der Waals surface area contributed by atoms with E-state index in [4.69, 9.17) is 75.8 Å². The van der Waals surface area contributed by atoms with E-state index >= 15 is 0 Å². The van der Waals surface area contributed by atoms with Crippen LogP contribution in [0.25, 0.3) is 110 Å². The van der Waals surface area contributed by atoms with Gasteiger partial charge in [-0.05, 0) is 163 Å². The minimum absolute atomic E-state index is 0.163. The third kappa shape index (κ3) is 10.6. The van der Waals surface area contributed by atoms with E-state index in [-0.39, 0.29) is 32.6 Å². The van der Waals surface area contributed by atoms with Crippen molar-refractivity contribution in [3.05, 3.63) is 297 Å². The molecule has 0 fully saturated rings. The molecule has 98 heavy (non-hydrogen) atoms. The Hall–Kier alpha value is -11.2. The molecule has 16 aromatic rings. The summed E-state index contributed by atoms with van der Waals surface area (Å²) in [7, 11) is 0. The lowest BCUT2D eigenvalue weighted by molar-refractivity contribution is 0.340. The number of nitrogens with zero attached hydrogens (tertiary/aromatic N) is 8. The van der Waals surface area contributed by atoms with E-state index in [9.17, 15) is 10.5 Å². The smallest absolute Gasteiger partial charge is 0.329 e. The van der Waals surface area contributed by atoms with E-state index < -0.39 is 13.7 Å². The second-order valence-electron chi connectivity index (χ2n) is 23.9. The molecule has 0 aliphatic carbocycles. The number of halogens is 4. The zero-order valence-corrected chi connectivity index (χ0v) is 55.7. The summed E-state index contributed by atoms with van der Waals surface area (Å²) in [5, 5.41) is 37.0. The molecule has 0 spiro atoms. The van der Waals surface area contributed by atoms with Gasteiger partial charge in [-0.25, -0.2) is 9.97 Å². The van der Waals surface area contributed by atoms with Crippen LogP contribution >= 0.6 is 46.4 Å². The van der Waals surface area contributed by atoms with Crippen molar-refractivity contribution in [1.29, 1.82) is 10.5 Å².